The van der Waals surface area contributed by atoms with Crippen LogP contribution in [0.1, 0.15) is 96.1 Å². The highest BCUT2D eigenvalue weighted by Gasteiger charge is 2.19. The molecular formula is C30H42N4. The van der Waals surface area contributed by atoms with Crippen LogP contribution in [0.5, 0.6) is 0 Å². The van der Waals surface area contributed by atoms with Crippen LogP contribution in [0.2, 0.25) is 0 Å². The van der Waals surface area contributed by atoms with Crippen molar-refractivity contribution in [2.24, 2.45) is 0 Å². The highest BCUT2D eigenvalue weighted by molar-refractivity contribution is 5.26. The molecule has 3 heterocycles. The molecule has 0 fully saturated rings. The molecular weight excluding hydrogens is 416 g/mol. The normalized spacial score (nSPS) is 12.9. The molecule has 0 bridgehead atoms. The highest BCUT2D eigenvalue weighted by Crippen LogP contribution is 2.26. The summed E-state index contributed by atoms with van der Waals surface area (Å²) in [5.74, 6) is 0. The molecule has 3 aromatic heterocycles. The molecule has 0 aromatic carbocycles. The van der Waals surface area contributed by atoms with Crippen LogP contribution < -0.4 is 0 Å². The third-order valence-corrected chi connectivity index (χ3v) is 6.20. The molecule has 4 heteroatoms. The first kappa shape index (κ1) is 26.0. The maximum atomic E-state index is 4.71. The molecule has 0 saturated heterocycles. The van der Waals surface area contributed by atoms with E-state index in [4.69, 9.17) is 15.0 Å². The number of hydrogen-bond donors (Lipinski definition) is 0. The molecule has 0 unspecified atom stereocenters. The Morgan fingerprint density at radius 2 is 0.765 bits per heavy atom. The molecule has 0 atom stereocenters. The summed E-state index contributed by atoms with van der Waals surface area (Å²) in [6.45, 7) is 22.4. The first-order valence-electron chi connectivity index (χ1n) is 12.3. The molecule has 0 spiro atoms. The molecule has 0 aliphatic rings. The summed E-state index contributed by atoms with van der Waals surface area (Å²) < 4.78 is 0. The fraction of sp³-hybridized carbons (Fsp3) is 0.500. The predicted molar refractivity (Wildman–Crippen MR) is 142 cm³/mol. The average Bonchev–Trinajstić information content (AvgIpc) is 2.72. The number of pyridine rings is 3. The number of nitrogens with zero attached hydrogens (tertiary/aromatic N) is 4. The van der Waals surface area contributed by atoms with Crippen LogP contribution in [-0.2, 0) is 35.9 Å². The standard InChI is InChI=1S/C30H42N4/c1-28(2,3)22-10-13-31-25(16-22)19-34(20-26-17-23(11-14-32-26)29(4,5)6)21-27-18-24(12-15-33-27)30(7,8)9/h10-18H,19-21H2,1-9H3. The van der Waals surface area contributed by atoms with E-state index in [0.29, 0.717) is 0 Å². The molecule has 0 N–H and O–H groups in total. The third kappa shape index (κ3) is 7.20. The monoisotopic (exact) mass is 458 g/mol. The van der Waals surface area contributed by atoms with E-state index in [2.05, 4.69) is 104 Å². The lowest BCUT2D eigenvalue weighted by atomic mass is 9.87. The van der Waals surface area contributed by atoms with Crippen LogP contribution in [0.15, 0.2) is 55.0 Å². The van der Waals surface area contributed by atoms with Crippen molar-refractivity contribution in [3.8, 4) is 0 Å². The Kier molecular flexibility index (Phi) is 7.62. The molecule has 182 valence electrons. The molecule has 0 aliphatic heterocycles. The van der Waals surface area contributed by atoms with Gasteiger partial charge in [0.1, 0.15) is 0 Å². The van der Waals surface area contributed by atoms with Crippen molar-refractivity contribution in [3.63, 3.8) is 0 Å². The van der Waals surface area contributed by atoms with Crippen molar-refractivity contribution in [3.05, 3.63) is 88.8 Å². The largest absolute Gasteiger partial charge is 0.286 e. The third-order valence-electron chi connectivity index (χ3n) is 6.20. The minimum Gasteiger partial charge on any atom is -0.286 e. The van der Waals surface area contributed by atoms with Crippen LogP contribution in [-0.4, -0.2) is 19.9 Å². The molecule has 34 heavy (non-hydrogen) atoms. The van der Waals surface area contributed by atoms with Gasteiger partial charge in [0.05, 0.1) is 17.1 Å². The zero-order valence-corrected chi connectivity index (χ0v) is 22.6. The second-order valence-corrected chi connectivity index (χ2v) is 12.5. The van der Waals surface area contributed by atoms with Crippen molar-refractivity contribution in [2.75, 3.05) is 0 Å². The van der Waals surface area contributed by atoms with E-state index in [0.717, 1.165) is 36.7 Å². The zero-order chi connectivity index (χ0) is 25.1. The summed E-state index contributed by atoms with van der Waals surface area (Å²) in [7, 11) is 0. The van der Waals surface area contributed by atoms with Gasteiger partial charge in [-0.3, -0.25) is 19.9 Å². The molecule has 3 rings (SSSR count). The first-order valence-corrected chi connectivity index (χ1v) is 12.3. The number of rotatable bonds is 6. The van der Waals surface area contributed by atoms with Crippen LogP contribution in [0, 0.1) is 0 Å². The average molecular weight is 459 g/mol. The molecule has 0 saturated carbocycles. The zero-order valence-electron chi connectivity index (χ0n) is 22.6. The van der Waals surface area contributed by atoms with Gasteiger partial charge in [0.2, 0.25) is 0 Å². The Bertz CT molecular complexity index is 956. The minimum absolute atomic E-state index is 0.0910. The summed E-state index contributed by atoms with van der Waals surface area (Å²) in [5, 5.41) is 0. The van der Waals surface area contributed by atoms with Crippen LogP contribution >= 0.6 is 0 Å². The summed E-state index contributed by atoms with van der Waals surface area (Å²) in [6.07, 6.45) is 5.81. The summed E-state index contributed by atoms with van der Waals surface area (Å²) >= 11 is 0. The molecule has 3 aromatic rings. The molecule has 0 amide bonds. The maximum absolute atomic E-state index is 4.71. The van der Waals surface area contributed by atoms with E-state index in [1.165, 1.54) is 16.7 Å². The van der Waals surface area contributed by atoms with Crippen LogP contribution in [0.25, 0.3) is 0 Å². The van der Waals surface area contributed by atoms with Gasteiger partial charge in [-0.05, 0) is 69.3 Å². The van der Waals surface area contributed by atoms with Crippen LogP contribution in [0.4, 0.5) is 0 Å². The van der Waals surface area contributed by atoms with Crippen LogP contribution in [0.3, 0.4) is 0 Å². The van der Waals surface area contributed by atoms with E-state index in [9.17, 15) is 0 Å². The lowest BCUT2D eigenvalue weighted by molar-refractivity contribution is 0.238. The van der Waals surface area contributed by atoms with Gasteiger partial charge in [-0.2, -0.15) is 0 Å². The van der Waals surface area contributed by atoms with Crippen molar-refractivity contribution in [1.82, 2.24) is 19.9 Å². The fourth-order valence-corrected chi connectivity index (χ4v) is 3.95. The van der Waals surface area contributed by atoms with Gasteiger partial charge in [-0.25, -0.2) is 0 Å². The van der Waals surface area contributed by atoms with Gasteiger partial charge >= 0.3 is 0 Å². The van der Waals surface area contributed by atoms with E-state index in [-0.39, 0.29) is 16.2 Å². The Balaban J connectivity index is 1.92. The van der Waals surface area contributed by atoms with Crippen molar-refractivity contribution in [1.29, 1.82) is 0 Å². The summed E-state index contributed by atoms with van der Waals surface area (Å²) in [6, 6.07) is 13.1. The van der Waals surface area contributed by atoms with Crippen molar-refractivity contribution in [2.45, 2.75) is 98.2 Å². The van der Waals surface area contributed by atoms with E-state index < -0.39 is 0 Å². The van der Waals surface area contributed by atoms with Gasteiger partial charge in [0.15, 0.2) is 0 Å². The van der Waals surface area contributed by atoms with Gasteiger partial charge < -0.3 is 0 Å². The topological polar surface area (TPSA) is 41.9 Å². The quantitative estimate of drug-likeness (QED) is 0.400. The van der Waals surface area contributed by atoms with Gasteiger partial charge in [0, 0.05) is 38.2 Å². The number of hydrogen-bond acceptors (Lipinski definition) is 4. The summed E-state index contributed by atoms with van der Waals surface area (Å²) in [4.78, 5) is 16.5. The Morgan fingerprint density at radius 3 is 1.00 bits per heavy atom. The van der Waals surface area contributed by atoms with E-state index in [1.54, 1.807) is 0 Å². The Labute approximate surface area is 206 Å². The second kappa shape index (κ2) is 9.95. The Hall–Kier alpha value is -2.59. The lowest BCUT2D eigenvalue weighted by Crippen LogP contribution is -2.25. The summed E-state index contributed by atoms with van der Waals surface area (Å²) in [5.41, 5.74) is 7.41. The van der Waals surface area contributed by atoms with E-state index in [1.807, 2.05) is 18.6 Å². The fourth-order valence-electron chi connectivity index (χ4n) is 3.95. The van der Waals surface area contributed by atoms with Gasteiger partial charge in [-0.1, -0.05) is 62.3 Å². The predicted octanol–water partition coefficient (Wildman–Crippen LogP) is 6.97. The van der Waals surface area contributed by atoms with Crippen molar-refractivity contribution < 1.29 is 0 Å². The Morgan fingerprint density at radius 1 is 0.500 bits per heavy atom. The van der Waals surface area contributed by atoms with E-state index >= 15 is 0 Å². The SMILES string of the molecule is CC(C)(C)c1ccnc(CN(Cc2cc(C(C)(C)C)ccn2)Cc2cc(C(C)(C)C)ccn2)c1. The lowest BCUT2D eigenvalue weighted by Gasteiger charge is -2.25. The molecule has 0 radical (unpaired) electrons. The van der Waals surface area contributed by atoms with Crippen molar-refractivity contribution >= 4 is 0 Å². The smallest absolute Gasteiger partial charge is 0.0547 e. The minimum atomic E-state index is 0.0910. The van der Waals surface area contributed by atoms with Gasteiger partial charge in [0.25, 0.3) is 0 Å². The highest BCUT2D eigenvalue weighted by atomic mass is 15.1. The molecule has 0 aliphatic carbocycles. The maximum Gasteiger partial charge on any atom is 0.0547 e. The number of aromatic nitrogens is 3. The van der Waals surface area contributed by atoms with Gasteiger partial charge in [-0.15, -0.1) is 0 Å². The first-order chi connectivity index (χ1) is 15.7. The second-order valence-electron chi connectivity index (χ2n) is 12.5. The molecule has 4 nitrogen and oxygen atoms in total.